The Balaban J connectivity index is 1.47. The van der Waals surface area contributed by atoms with E-state index in [9.17, 15) is 9.18 Å². The highest BCUT2D eigenvalue weighted by Crippen LogP contribution is 2.20. The van der Waals surface area contributed by atoms with Gasteiger partial charge in [0, 0.05) is 23.0 Å². The van der Waals surface area contributed by atoms with Gasteiger partial charge in [-0.2, -0.15) is 0 Å². The molecule has 0 aliphatic heterocycles. The second-order valence-electron chi connectivity index (χ2n) is 6.69. The molecule has 0 aliphatic rings. The Kier molecular flexibility index (Phi) is 6.98. The van der Waals surface area contributed by atoms with Crippen LogP contribution in [0.1, 0.15) is 35.4 Å². The number of aromatic nitrogens is 2. The van der Waals surface area contributed by atoms with Crippen LogP contribution in [-0.4, -0.2) is 22.0 Å². The van der Waals surface area contributed by atoms with Crippen LogP contribution in [0.25, 0.3) is 11.0 Å². The van der Waals surface area contributed by atoms with E-state index in [0.29, 0.717) is 18.7 Å². The number of amides is 1. The molecule has 1 N–H and O–H groups in total. The number of benzene rings is 2. The number of nitrogens with zero attached hydrogens (tertiary/aromatic N) is 2. The Labute approximate surface area is 172 Å². The van der Waals surface area contributed by atoms with Gasteiger partial charge < -0.3 is 9.88 Å². The van der Waals surface area contributed by atoms with Crippen LogP contribution in [0.15, 0.2) is 59.6 Å². The monoisotopic (exact) mass is 443 g/mol. The number of hydrogen-bond acceptors (Lipinski definition) is 2. The van der Waals surface area contributed by atoms with Crippen molar-refractivity contribution in [2.24, 2.45) is 0 Å². The van der Waals surface area contributed by atoms with Crippen LogP contribution in [0, 0.1) is 5.82 Å². The molecule has 3 aromatic rings. The number of halogens is 2. The van der Waals surface area contributed by atoms with Crippen LogP contribution in [0.4, 0.5) is 4.39 Å². The topological polar surface area (TPSA) is 46.9 Å². The van der Waals surface area contributed by atoms with Crippen LogP contribution in [-0.2, 0) is 13.0 Å². The minimum Gasteiger partial charge on any atom is -0.352 e. The zero-order chi connectivity index (χ0) is 19.9. The molecule has 1 amide bonds. The number of carbonyl (C=O) groups is 1. The van der Waals surface area contributed by atoms with E-state index in [1.807, 2.05) is 18.2 Å². The van der Waals surface area contributed by atoms with Crippen molar-refractivity contribution in [3.63, 3.8) is 0 Å². The third-order valence-corrected chi connectivity index (χ3v) is 4.78. The molecular formula is C22H23BrFN3O. The van der Waals surface area contributed by atoms with E-state index in [1.54, 1.807) is 0 Å². The summed E-state index contributed by atoms with van der Waals surface area (Å²) < 4.78 is 16.0. The summed E-state index contributed by atoms with van der Waals surface area (Å²) in [6.45, 7) is 5.25. The van der Waals surface area contributed by atoms with E-state index in [-0.39, 0.29) is 11.7 Å². The lowest BCUT2D eigenvalue weighted by molar-refractivity contribution is 0.0953. The standard InChI is InChI=1S/C22H23BrFN3O/c1-16(23)15-27-20-8-5-4-7-19(20)26-21(27)9-3-2-6-14-25-22(28)17-10-12-18(24)13-11-17/h4-5,7-8,10-13H,1-3,6,9,14-15H2,(H,25,28). The quantitative estimate of drug-likeness (QED) is 0.460. The number of hydrogen-bond donors (Lipinski definition) is 1. The lowest BCUT2D eigenvalue weighted by atomic mass is 10.1. The fourth-order valence-corrected chi connectivity index (χ4v) is 3.41. The number of para-hydroxylation sites is 2. The SMILES string of the molecule is C=C(Br)Cn1c(CCCCCNC(=O)c2ccc(F)cc2)nc2ccccc21. The van der Waals surface area contributed by atoms with E-state index in [2.05, 4.69) is 38.5 Å². The molecule has 3 rings (SSSR count). The molecule has 1 aromatic heterocycles. The van der Waals surface area contributed by atoms with Crippen molar-refractivity contribution < 1.29 is 9.18 Å². The maximum Gasteiger partial charge on any atom is 0.251 e. The van der Waals surface area contributed by atoms with Crippen LogP contribution in [0.5, 0.6) is 0 Å². The molecular weight excluding hydrogens is 421 g/mol. The zero-order valence-corrected chi connectivity index (χ0v) is 17.2. The lowest BCUT2D eigenvalue weighted by Gasteiger charge is -2.09. The summed E-state index contributed by atoms with van der Waals surface area (Å²) in [6.07, 6.45) is 3.74. The fourth-order valence-electron chi connectivity index (χ4n) is 3.15. The van der Waals surface area contributed by atoms with Gasteiger partial charge in [0.15, 0.2) is 0 Å². The zero-order valence-electron chi connectivity index (χ0n) is 15.6. The second kappa shape index (κ2) is 9.64. The van der Waals surface area contributed by atoms with Gasteiger partial charge in [-0.1, -0.05) is 41.1 Å². The Bertz CT molecular complexity index is 966. The van der Waals surface area contributed by atoms with Crippen molar-refractivity contribution in [3.05, 3.63) is 76.8 Å². The molecule has 0 bridgehead atoms. The van der Waals surface area contributed by atoms with Gasteiger partial charge in [0.2, 0.25) is 0 Å². The lowest BCUT2D eigenvalue weighted by Crippen LogP contribution is -2.24. The van der Waals surface area contributed by atoms with Gasteiger partial charge in [-0.05, 0) is 49.2 Å². The van der Waals surface area contributed by atoms with Crippen molar-refractivity contribution in [2.45, 2.75) is 32.2 Å². The molecule has 146 valence electrons. The molecule has 0 fully saturated rings. The highest BCUT2D eigenvalue weighted by molar-refractivity contribution is 9.11. The Hall–Kier alpha value is -2.47. The van der Waals surface area contributed by atoms with Crippen molar-refractivity contribution in [3.8, 4) is 0 Å². The summed E-state index contributed by atoms with van der Waals surface area (Å²) in [7, 11) is 0. The molecule has 2 aromatic carbocycles. The minimum absolute atomic E-state index is 0.169. The Morgan fingerprint density at radius 3 is 2.61 bits per heavy atom. The van der Waals surface area contributed by atoms with Crippen molar-refractivity contribution in [1.29, 1.82) is 0 Å². The summed E-state index contributed by atoms with van der Waals surface area (Å²) in [5.74, 6) is 0.542. The number of carbonyl (C=O) groups excluding carboxylic acids is 1. The molecule has 0 saturated heterocycles. The van der Waals surface area contributed by atoms with Crippen LogP contribution in [0.3, 0.4) is 0 Å². The van der Waals surface area contributed by atoms with Crippen LogP contribution < -0.4 is 5.32 Å². The highest BCUT2D eigenvalue weighted by Gasteiger charge is 2.10. The molecule has 6 heteroatoms. The van der Waals surface area contributed by atoms with E-state index >= 15 is 0 Å². The average Bonchev–Trinajstić information content (AvgIpc) is 3.02. The maximum atomic E-state index is 12.9. The maximum absolute atomic E-state index is 12.9. The van der Waals surface area contributed by atoms with Gasteiger partial charge in [-0.3, -0.25) is 4.79 Å². The molecule has 0 unspecified atom stereocenters. The fraction of sp³-hybridized carbons (Fsp3) is 0.273. The van der Waals surface area contributed by atoms with Gasteiger partial charge in [0.25, 0.3) is 5.91 Å². The molecule has 0 saturated carbocycles. The summed E-state index contributed by atoms with van der Waals surface area (Å²) in [5, 5.41) is 2.88. The highest BCUT2D eigenvalue weighted by atomic mass is 79.9. The molecule has 4 nitrogen and oxygen atoms in total. The molecule has 1 heterocycles. The summed E-state index contributed by atoms with van der Waals surface area (Å²) in [6, 6.07) is 13.7. The number of nitrogens with one attached hydrogen (secondary N) is 1. The predicted molar refractivity (Wildman–Crippen MR) is 114 cm³/mol. The number of rotatable bonds is 9. The van der Waals surface area contributed by atoms with Gasteiger partial charge in [0.1, 0.15) is 11.6 Å². The average molecular weight is 444 g/mol. The number of allylic oxidation sites excluding steroid dienone is 1. The van der Waals surface area contributed by atoms with Gasteiger partial charge in [-0.15, -0.1) is 0 Å². The third-order valence-electron chi connectivity index (χ3n) is 4.53. The molecule has 28 heavy (non-hydrogen) atoms. The number of imidazole rings is 1. The first-order chi connectivity index (χ1) is 13.5. The van der Waals surface area contributed by atoms with Crippen LogP contribution in [0.2, 0.25) is 0 Å². The van der Waals surface area contributed by atoms with E-state index < -0.39 is 0 Å². The summed E-state index contributed by atoms with van der Waals surface area (Å²) >= 11 is 3.45. The minimum atomic E-state index is -0.342. The smallest absolute Gasteiger partial charge is 0.251 e. The van der Waals surface area contributed by atoms with Gasteiger partial charge >= 0.3 is 0 Å². The molecule has 0 radical (unpaired) electrons. The van der Waals surface area contributed by atoms with E-state index in [4.69, 9.17) is 4.98 Å². The summed E-state index contributed by atoms with van der Waals surface area (Å²) in [5.41, 5.74) is 2.59. The largest absolute Gasteiger partial charge is 0.352 e. The number of aryl methyl sites for hydroxylation is 1. The first kappa shape index (κ1) is 20.3. The normalized spacial score (nSPS) is 10.9. The Morgan fingerprint density at radius 1 is 1.11 bits per heavy atom. The number of fused-ring (bicyclic) bond motifs is 1. The van der Waals surface area contributed by atoms with Crippen molar-refractivity contribution >= 4 is 32.9 Å². The molecule has 0 aliphatic carbocycles. The number of unbranched alkanes of at least 4 members (excludes halogenated alkanes) is 2. The van der Waals surface area contributed by atoms with Crippen LogP contribution >= 0.6 is 15.9 Å². The van der Waals surface area contributed by atoms with Gasteiger partial charge in [-0.25, -0.2) is 9.37 Å². The molecule has 0 atom stereocenters. The molecule has 0 spiro atoms. The van der Waals surface area contributed by atoms with E-state index in [0.717, 1.165) is 47.0 Å². The van der Waals surface area contributed by atoms with E-state index in [1.165, 1.54) is 24.3 Å². The second-order valence-corrected chi connectivity index (χ2v) is 7.82. The van der Waals surface area contributed by atoms with Crippen molar-refractivity contribution in [1.82, 2.24) is 14.9 Å². The Morgan fingerprint density at radius 2 is 1.86 bits per heavy atom. The van der Waals surface area contributed by atoms with Crippen molar-refractivity contribution in [2.75, 3.05) is 6.54 Å². The van der Waals surface area contributed by atoms with Gasteiger partial charge in [0.05, 0.1) is 17.6 Å². The first-order valence-corrected chi connectivity index (χ1v) is 10.1. The first-order valence-electron chi connectivity index (χ1n) is 9.36. The summed E-state index contributed by atoms with van der Waals surface area (Å²) in [4.78, 5) is 16.8. The third kappa shape index (κ3) is 5.29. The predicted octanol–water partition coefficient (Wildman–Crippen LogP) is 5.23.